The Hall–Kier alpha value is -2.37. The minimum absolute atomic E-state index is 0.130. The number of nitrogens with two attached hydrogens (primary N) is 1. The second kappa shape index (κ2) is 7.25. The van der Waals surface area contributed by atoms with Gasteiger partial charge in [-0.3, -0.25) is 4.79 Å². The molecule has 0 aliphatic heterocycles. The smallest absolute Gasteiger partial charge is 0.347 e. The highest BCUT2D eigenvalue weighted by Gasteiger charge is 2.33. The molecule has 0 saturated heterocycles. The van der Waals surface area contributed by atoms with Crippen LogP contribution < -0.4 is 10.5 Å². The third-order valence-corrected chi connectivity index (χ3v) is 3.99. The average molecular weight is 362 g/mol. The van der Waals surface area contributed by atoms with Gasteiger partial charge in [-0.05, 0) is 31.5 Å². The zero-order chi connectivity index (χ0) is 18.7. The van der Waals surface area contributed by atoms with Gasteiger partial charge < -0.3 is 15.6 Å². The molecule has 0 heterocycles. The average Bonchev–Trinajstić information content (AvgIpc) is 2.56. The van der Waals surface area contributed by atoms with Crippen molar-refractivity contribution in [3.63, 3.8) is 0 Å². The number of rotatable bonds is 7. The number of halogens is 1. The highest BCUT2D eigenvalue weighted by molar-refractivity contribution is 6.37. The number of Topliss-reactive ketones (excluding diaryl/α,β-unsaturated/α-hetero) is 1. The lowest BCUT2D eigenvalue weighted by molar-refractivity contribution is -0.152. The van der Waals surface area contributed by atoms with E-state index in [1.54, 1.807) is 54.6 Å². The Morgan fingerprint density at radius 2 is 1.64 bits per heavy atom. The summed E-state index contributed by atoms with van der Waals surface area (Å²) < 4.78 is 5.43. The van der Waals surface area contributed by atoms with Gasteiger partial charge in [0.1, 0.15) is 5.75 Å². The van der Waals surface area contributed by atoms with E-state index < -0.39 is 16.6 Å². The number of alkyl halides is 1. The van der Waals surface area contributed by atoms with Crippen LogP contribution in [0.5, 0.6) is 5.75 Å². The van der Waals surface area contributed by atoms with Crippen molar-refractivity contribution in [1.29, 1.82) is 0 Å². The molecular weight excluding hydrogens is 342 g/mol. The van der Waals surface area contributed by atoms with E-state index in [1.807, 2.05) is 0 Å². The second-order valence-corrected chi connectivity index (χ2v) is 6.97. The van der Waals surface area contributed by atoms with Crippen LogP contribution in [0.2, 0.25) is 0 Å². The number of ether oxygens (including phenoxy) is 1. The van der Waals surface area contributed by atoms with E-state index >= 15 is 0 Å². The Bertz CT molecular complexity index is 755. The number of carboxylic acids is 1. The molecule has 1 atom stereocenters. The molecule has 0 radical (unpaired) electrons. The van der Waals surface area contributed by atoms with Crippen LogP contribution in [0.1, 0.15) is 29.8 Å². The van der Waals surface area contributed by atoms with E-state index in [9.17, 15) is 9.59 Å². The molecule has 0 bridgehead atoms. The summed E-state index contributed by atoms with van der Waals surface area (Å²) in [4.78, 5) is 22.0. The van der Waals surface area contributed by atoms with Gasteiger partial charge in [-0.1, -0.05) is 54.1 Å². The lowest BCUT2D eigenvalue weighted by atomic mass is 9.97. The van der Waals surface area contributed by atoms with Crippen molar-refractivity contribution in [1.82, 2.24) is 0 Å². The summed E-state index contributed by atoms with van der Waals surface area (Å²) in [6.07, 6.45) is 0.130. The Kier molecular flexibility index (Phi) is 5.50. The van der Waals surface area contributed by atoms with Crippen molar-refractivity contribution in [2.75, 3.05) is 0 Å². The van der Waals surface area contributed by atoms with Crippen molar-refractivity contribution in [2.24, 2.45) is 5.73 Å². The highest BCUT2D eigenvalue weighted by Crippen LogP contribution is 2.24. The first-order valence-electron chi connectivity index (χ1n) is 7.71. The number of carbonyl (C=O) groups excluding carboxylic acids is 1. The van der Waals surface area contributed by atoms with Gasteiger partial charge in [0.2, 0.25) is 0 Å². The SMILES string of the molecule is CC(C)(Oc1ccc(CC(N)(Cl)C(=O)c2ccccc2)cc1)C(=O)O. The van der Waals surface area contributed by atoms with Crippen LogP contribution in [0.15, 0.2) is 54.6 Å². The van der Waals surface area contributed by atoms with E-state index in [0.29, 0.717) is 11.3 Å². The third-order valence-electron chi connectivity index (χ3n) is 3.69. The fourth-order valence-electron chi connectivity index (χ4n) is 2.22. The molecule has 0 spiro atoms. The summed E-state index contributed by atoms with van der Waals surface area (Å²) in [6.45, 7) is 2.93. The van der Waals surface area contributed by atoms with Gasteiger partial charge in [0.05, 0.1) is 0 Å². The van der Waals surface area contributed by atoms with Crippen molar-refractivity contribution >= 4 is 23.4 Å². The van der Waals surface area contributed by atoms with Crippen LogP contribution in [-0.2, 0) is 11.2 Å². The van der Waals surface area contributed by atoms with Gasteiger partial charge in [-0.2, -0.15) is 0 Å². The maximum absolute atomic E-state index is 12.5. The summed E-state index contributed by atoms with van der Waals surface area (Å²) in [5, 5.41) is 9.08. The van der Waals surface area contributed by atoms with Crippen LogP contribution in [0.4, 0.5) is 0 Å². The summed E-state index contributed by atoms with van der Waals surface area (Å²) in [5.74, 6) is -1.02. The molecule has 0 amide bonds. The highest BCUT2D eigenvalue weighted by atomic mass is 35.5. The van der Waals surface area contributed by atoms with Crippen molar-refractivity contribution < 1.29 is 19.4 Å². The lowest BCUT2D eigenvalue weighted by Gasteiger charge is -2.23. The molecule has 132 valence electrons. The van der Waals surface area contributed by atoms with Crippen molar-refractivity contribution in [2.45, 2.75) is 30.9 Å². The largest absolute Gasteiger partial charge is 0.478 e. The molecule has 25 heavy (non-hydrogen) atoms. The van der Waals surface area contributed by atoms with Gasteiger partial charge in [0, 0.05) is 12.0 Å². The summed E-state index contributed by atoms with van der Waals surface area (Å²) in [7, 11) is 0. The molecule has 0 aliphatic rings. The second-order valence-electron chi connectivity index (χ2n) is 6.30. The normalized spacial score (nSPS) is 13.8. The molecule has 1 unspecified atom stereocenters. The monoisotopic (exact) mass is 361 g/mol. The molecule has 6 heteroatoms. The van der Waals surface area contributed by atoms with E-state index in [4.69, 9.17) is 27.2 Å². The predicted octanol–water partition coefficient (Wildman–Crippen LogP) is 3.25. The summed E-state index contributed by atoms with van der Waals surface area (Å²) >= 11 is 6.26. The van der Waals surface area contributed by atoms with Crippen molar-refractivity contribution in [3.05, 3.63) is 65.7 Å². The van der Waals surface area contributed by atoms with Gasteiger partial charge in [-0.15, -0.1) is 0 Å². The first-order chi connectivity index (χ1) is 11.6. The summed E-state index contributed by atoms with van der Waals surface area (Å²) in [5.41, 5.74) is 5.86. The molecule has 0 aliphatic carbocycles. The molecule has 2 aromatic carbocycles. The zero-order valence-corrected chi connectivity index (χ0v) is 14.8. The topological polar surface area (TPSA) is 89.6 Å². The van der Waals surface area contributed by atoms with E-state index in [2.05, 4.69) is 0 Å². The number of carbonyl (C=O) groups is 2. The van der Waals surface area contributed by atoms with Crippen molar-refractivity contribution in [3.8, 4) is 5.75 Å². The van der Waals surface area contributed by atoms with Crippen LogP contribution in [0, 0.1) is 0 Å². The van der Waals surface area contributed by atoms with Gasteiger partial charge in [-0.25, -0.2) is 4.79 Å². The van der Waals surface area contributed by atoms with E-state index in [0.717, 1.165) is 5.56 Å². The molecule has 0 saturated carbocycles. The van der Waals surface area contributed by atoms with Gasteiger partial charge in [0.25, 0.3) is 0 Å². The maximum atomic E-state index is 12.5. The first-order valence-corrected chi connectivity index (χ1v) is 8.08. The maximum Gasteiger partial charge on any atom is 0.347 e. The predicted molar refractivity (Wildman–Crippen MR) is 96.0 cm³/mol. The van der Waals surface area contributed by atoms with Crippen LogP contribution in [-0.4, -0.2) is 27.5 Å². The van der Waals surface area contributed by atoms with E-state index in [1.165, 1.54) is 13.8 Å². The number of hydrogen-bond donors (Lipinski definition) is 2. The molecule has 2 rings (SSSR count). The Morgan fingerprint density at radius 3 is 2.16 bits per heavy atom. The standard InChI is InChI=1S/C19H20ClNO4/c1-18(2,17(23)24)25-15-10-8-13(9-11-15)12-19(20,21)16(22)14-6-4-3-5-7-14/h3-11H,12,21H2,1-2H3,(H,23,24). The zero-order valence-electron chi connectivity index (χ0n) is 14.0. The molecule has 2 aromatic rings. The van der Waals surface area contributed by atoms with Crippen LogP contribution in [0.3, 0.4) is 0 Å². The van der Waals surface area contributed by atoms with Gasteiger partial charge in [0.15, 0.2) is 16.4 Å². The first kappa shape index (κ1) is 19.0. The number of carboxylic acid groups (broad SMARTS) is 1. The van der Waals surface area contributed by atoms with Crippen LogP contribution in [0.25, 0.3) is 0 Å². The van der Waals surface area contributed by atoms with Crippen LogP contribution >= 0.6 is 11.6 Å². The minimum atomic E-state index is -1.57. The molecule has 0 fully saturated rings. The Morgan fingerprint density at radius 1 is 1.08 bits per heavy atom. The quantitative estimate of drug-likeness (QED) is 0.449. The third kappa shape index (κ3) is 4.81. The molecule has 5 nitrogen and oxygen atoms in total. The lowest BCUT2D eigenvalue weighted by Crippen LogP contribution is -2.44. The van der Waals surface area contributed by atoms with Gasteiger partial charge >= 0.3 is 5.97 Å². The number of hydrogen-bond acceptors (Lipinski definition) is 4. The molecule has 0 aromatic heterocycles. The Labute approximate surface area is 151 Å². The number of aliphatic carboxylic acids is 1. The summed E-state index contributed by atoms with van der Waals surface area (Å²) in [6, 6.07) is 15.3. The molecular formula is C19H20ClNO4. The minimum Gasteiger partial charge on any atom is -0.478 e. The van der Waals surface area contributed by atoms with E-state index in [-0.39, 0.29) is 12.2 Å². The number of ketones is 1. The molecule has 3 N–H and O–H groups in total. The Balaban J connectivity index is 2.10. The number of benzene rings is 2. The fourth-order valence-corrected chi connectivity index (χ4v) is 2.48. The fraction of sp³-hybridized carbons (Fsp3) is 0.263.